The number of furan rings is 1. The summed E-state index contributed by atoms with van der Waals surface area (Å²) in [6, 6.07) is 12.3. The molecule has 3 N–H and O–H groups in total. The van der Waals surface area contributed by atoms with Gasteiger partial charge in [0.15, 0.2) is 5.96 Å². The van der Waals surface area contributed by atoms with Crippen molar-refractivity contribution < 1.29 is 9.52 Å². The molecule has 0 amide bonds. The van der Waals surface area contributed by atoms with Gasteiger partial charge >= 0.3 is 0 Å². The van der Waals surface area contributed by atoms with Gasteiger partial charge in [0.25, 0.3) is 0 Å². The third kappa shape index (κ3) is 8.26. The quantitative estimate of drug-likeness (QED) is 0.206. The van der Waals surface area contributed by atoms with Gasteiger partial charge in [-0.1, -0.05) is 12.1 Å². The van der Waals surface area contributed by atoms with Crippen LogP contribution >= 0.6 is 24.0 Å². The van der Waals surface area contributed by atoms with E-state index in [1.165, 1.54) is 11.3 Å². The summed E-state index contributed by atoms with van der Waals surface area (Å²) in [5.74, 6) is 2.02. The van der Waals surface area contributed by atoms with E-state index in [0.29, 0.717) is 11.7 Å². The highest BCUT2D eigenvalue weighted by Crippen LogP contribution is 2.23. The first-order valence-corrected chi connectivity index (χ1v) is 9.89. The third-order valence-corrected chi connectivity index (χ3v) is 4.55. The lowest BCUT2D eigenvalue weighted by molar-refractivity contribution is 0.0428. The Labute approximate surface area is 191 Å². The highest BCUT2D eigenvalue weighted by molar-refractivity contribution is 14.0. The van der Waals surface area contributed by atoms with Gasteiger partial charge in [0.2, 0.25) is 0 Å². The molecule has 7 heteroatoms. The number of hydrogen-bond acceptors (Lipinski definition) is 4. The van der Waals surface area contributed by atoms with E-state index in [1.54, 1.807) is 13.0 Å². The molecule has 1 aromatic carbocycles. The zero-order chi connectivity index (χ0) is 20.6. The fraction of sp³-hybridized carbons (Fsp3) is 0.500. The Balaban J connectivity index is 0.00000420. The fourth-order valence-corrected chi connectivity index (χ4v) is 2.84. The molecule has 2 rings (SSSR count). The molecule has 0 saturated carbocycles. The van der Waals surface area contributed by atoms with E-state index in [9.17, 15) is 5.11 Å². The van der Waals surface area contributed by atoms with E-state index in [0.717, 1.165) is 31.7 Å². The largest absolute Gasteiger partial charge is 0.463 e. The molecule has 0 spiro atoms. The second kappa shape index (κ2) is 12.1. The molecule has 2 aromatic rings. The van der Waals surface area contributed by atoms with Gasteiger partial charge in [0.1, 0.15) is 17.1 Å². The maximum Gasteiger partial charge on any atom is 0.191 e. The van der Waals surface area contributed by atoms with Gasteiger partial charge in [-0.15, -0.1) is 24.0 Å². The molecule has 0 radical (unpaired) electrons. The zero-order valence-corrected chi connectivity index (χ0v) is 20.5. The van der Waals surface area contributed by atoms with Gasteiger partial charge in [-0.3, -0.25) is 0 Å². The van der Waals surface area contributed by atoms with Gasteiger partial charge in [-0.05, 0) is 63.4 Å². The summed E-state index contributed by atoms with van der Waals surface area (Å²) in [6.45, 7) is 7.40. The number of hydrogen-bond donors (Lipinski definition) is 3. The summed E-state index contributed by atoms with van der Waals surface area (Å²) in [5.41, 5.74) is 1.40. The number of anilines is 1. The molecular weight excluding hydrogens is 479 g/mol. The molecule has 1 heterocycles. The number of aliphatic hydroxyl groups is 1. The topological polar surface area (TPSA) is 73.0 Å². The second-order valence-electron chi connectivity index (χ2n) is 7.47. The summed E-state index contributed by atoms with van der Waals surface area (Å²) >= 11 is 0. The molecule has 1 atom stereocenters. The molecule has 29 heavy (non-hydrogen) atoms. The minimum absolute atomic E-state index is 0. The van der Waals surface area contributed by atoms with Crippen LogP contribution in [0.2, 0.25) is 0 Å². The predicted molar refractivity (Wildman–Crippen MR) is 132 cm³/mol. The summed E-state index contributed by atoms with van der Waals surface area (Å²) in [6.07, 6.45) is 2.00. The van der Waals surface area contributed by atoms with E-state index in [4.69, 9.17) is 4.42 Å². The Bertz CT molecular complexity index is 754. The molecule has 162 valence electrons. The standard InChI is InChI=1S/C22H34N4O2.HI/c1-6-23-21(25-16-22(3,27)20-14-9-17(2)28-20)24-15-7-8-18-10-12-19(13-11-18)26(4)5;/h9-14,27H,6-8,15-16H2,1-5H3,(H2,23,24,25);1H. The van der Waals surface area contributed by atoms with Gasteiger partial charge in [-0.2, -0.15) is 0 Å². The van der Waals surface area contributed by atoms with Crippen molar-refractivity contribution in [3.05, 3.63) is 53.5 Å². The molecular formula is C22H35IN4O2. The number of benzene rings is 1. The Morgan fingerprint density at radius 3 is 2.38 bits per heavy atom. The second-order valence-corrected chi connectivity index (χ2v) is 7.47. The molecule has 0 saturated heterocycles. The molecule has 0 bridgehead atoms. The van der Waals surface area contributed by atoms with Crippen molar-refractivity contribution in [1.82, 2.24) is 10.6 Å². The summed E-state index contributed by atoms with van der Waals surface area (Å²) in [5, 5.41) is 17.2. The van der Waals surface area contributed by atoms with Crippen LogP contribution in [0, 0.1) is 6.92 Å². The average molecular weight is 514 g/mol. The lowest BCUT2D eigenvalue weighted by Crippen LogP contribution is -2.39. The zero-order valence-electron chi connectivity index (χ0n) is 18.2. The van der Waals surface area contributed by atoms with E-state index < -0.39 is 5.60 Å². The minimum atomic E-state index is -1.13. The Morgan fingerprint density at radius 2 is 1.83 bits per heavy atom. The Kier molecular flexibility index (Phi) is 10.5. The van der Waals surface area contributed by atoms with Crippen LogP contribution in [0.15, 0.2) is 45.8 Å². The number of guanidine groups is 1. The first-order chi connectivity index (χ1) is 13.3. The van der Waals surface area contributed by atoms with E-state index >= 15 is 0 Å². The molecule has 0 aliphatic heterocycles. The van der Waals surface area contributed by atoms with Gasteiger partial charge < -0.3 is 25.1 Å². The first kappa shape index (κ1) is 25.3. The highest BCUT2D eigenvalue weighted by Gasteiger charge is 2.26. The van der Waals surface area contributed by atoms with Crippen LogP contribution in [0.3, 0.4) is 0 Å². The fourth-order valence-electron chi connectivity index (χ4n) is 2.84. The van der Waals surface area contributed by atoms with Gasteiger partial charge in [-0.25, -0.2) is 4.99 Å². The molecule has 1 aromatic heterocycles. The highest BCUT2D eigenvalue weighted by atomic mass is 127. The van der Waals surface area contributed by atoms with Crippen LogP contribution in [-0.4, -0.2) is 44.8 Å². The lowest BCUT2D eigenvalue weighted by atomic mass is 10.0. The summed E-state index contributed by atoms with van der Waals surface area (Å²) in [7, 11) is 4.09. The number of rotatable bonds is 9. The smallest absolute Gasteiger partial charge is 0.191 e. The summed E-state index contributed by atoms with van der Waals surface area (Å²) in [4.78, 5) is 6.63. The van der Waals surface area contributed by atoms with Crippen LogP contribution in [-0.2, 0) is 12.0 Å². The van der Waals surface area contributed by atoms with Crippen LogP contribution in [0.1, 0.15) is 37.4 Å². The van der Waals surface area contributed by atoms with Crippen LogP contribution in [0.5, 0.6) is 0 Å². The van der Waals surface area contributed by atoms with Crippen LogP contribution < -0.4 is 15.5 Å². The van der Waals surface area contributed by atoms with Crippen molar-refractivity contribution >= 4 is 35.6 Å². The van der Waals surface area contributed by atoms with Crippen molar-refractivity contribution in [3.63, 3.8) is 0 Å². The number of nitrogens with one attached hydrogen (secondary N) is 2. The first-order valence-electron chi connectivity index (χ1n) is 9.89. The van der Waals surface area contributed by atoms with Crippen molar-refractivity contribution in [2.45, 2.75) is 39.2 Å². The molecule has 0 fully saturated rings. The SMILES string of the molecule is CCNC(=NCC(C)(O)c1ccc(C)o1)NCCCc1ccc(N(C)C)cc1.I. The number of aryl methyl sites for hydroxylation is 2. The van der Waals surface area contributed by atoms with E-state index in [1.807, 2.05) is 34.0 Å². The van der Waals surface area contributed by atoms with Crippen LogP contribution in [0.4, 0.5) is 5.69 Å². The monoisotopic (exact) mass is 514 g/mol. The number of halogens is 1. The minimum Gasteiger partial charge on any atom is -0.463 e. The van der Waals surface area contributed by atoms with Crippen molar-refractivity contribution in [2.24, 2.45) is 4.99 Å². The Morgan fingerprint density at radius 1 is 1.14 bits per heavy atom. The maximum atomic E-state index is 10.6. The molecule has 0 aliphatic carbocycles. The molecule has 6 nitrogen and oxygen atoms in total. The third-order valence-electron chi connectivity index (χ3n) is 4.55. The maximum absolute atomic E-state index is 10.6. The van der Waals surface area contributed by atoms with Gasteiger partial charge in [0, 0.05) is 32.9 Å². The molecule has 1 unspecified atom stereocenters. The number of nitrogens with zero attached hydrogens (tertiary/aromatic N) is 2. The van der Waals surface area contributed by atoms with E-state index in [2.05, 4.69) is 44.8 Å². The summed E-state index contributed by atoms with van der Waals surface area (Å²) < 4.78 is 5.55. The van der Waals surface area contributed by atoms with Gasteiger partial charge in [0.05, 0.1) is 6.54 Å². The van der Waals surface area contributed by atoms with Crippen LogP contribution in [0.25, 0.3) is 0 Å². The number of aliphatic imine (C=N–C) groups is 1. The van der Waals surface area contributed by atoms with Crippen molar-refractivity contribution in [3.8, 4) is 0 Å². The molecule has 0 aliphatic rings. The Hall–Kier alpha value is -1.74. The predicted octanol–water partition coefficient (Wildman–Crippen LogP) is 3.67. The van der Waals surface area contributed by atoms with Crippen molar-refractivity contribution in [1.29, 1.82) is 0 Å². The van der Waals surface area contributed by atoms with Crippen molar-refractivity contribution in [2.75, 3.05) is 38.6 Å². The average Bonchev–Trinajstić information content (AvgIpc) is 3.11. The normalized spacial score (nSPS) is 13.4. The van der Waals surface area contributed by atoms with E-state index in [-0.39, 0.29) is 30.5 Å². The lowest BCUT2D eigenvalue weighted by Gasteiger charge is -2.19.